The molecule has 0 spiro atoms. The van der Waals surface area contributed by atoms with E-state index in [1.54, 1.807) is 0 Å². The molecule has 0 unspecified atom stereocenters. The van der Waals surface area contributed by atoms with Gasteiger partial charge in [0, 0.05) is 4.47 Å². The zero-order chi connectivity index (χ0) is 13.6. The SMILES string of the molecule is Cc1ccc(Br)cc1N1C(=O)[C@H]2CCCC[C@H]2C1=O. The molecule has 1 aromatic rings. The maximum Gasteiger partial charge on any atom is 0.237 e. The Morgan fingerprint density at radius 1 is 1.11 bits per heavy atom. The van der Waals surface area contributed by atoms with Crippen molar-refractivity contribution in [3.63, 3.8) is 0 Å². The first kappa shape index (κ1) is 12.9. The molecular formula is C15H16BrNO2. The molecule has 3 rings (SSSR count). The van der Waals surface area contributed by atoms with Gasteiger partial charge in [-0.05, 0) is 37.5 Å². The van der Waals surface area contributed by atoms with Crippen molar-refractivity contribution in [3.8, 4) is 0 Å². The van der Waals surface area contributed by atoms with Gasteiger partial charge in [-0.25, -0.2) is 4.90 Å². The van der Waals surface area contributed by atoms with Gasteiger partial charge in [-0.1, -0.05) is 34.8 Å². The molecule has 4 heteroatoms. The highest BCUT2D eigenvalue weighted by Crippen LogP contribution is 2.41. The summed E-state index contributed by atoms with van der Waals surface area (Å²) in [4.78, 5) is 26.4. The Labute approximate surface area is 121 Å². The number of amides is 2. The third-order valence-corrected chi connectivity index (χ3v) is 4.75. The minimum Gasteiger partial charge on any atom is -0.274 e. The van der Waals surface area contributed by atoms with Crippen molar-refractivity contribution in [1.82, 2.24) is 0 Å². The number of carbonyl (C=O) groups is 2. The minimum absolute atomic E-state index is 0.00380. The predicted octanol–water partition coefficient (Wildman–Crippen LogP) is 3.44. The monoisotopic (exact) mass is 321 g/mol. The summed E-state index contributed by atoms with van der Waals surface area (Å²) in [7, 11) is 0. The van der Waals surface area contributed by atoms with Gasteiger partial charge in [-0.15, -0.1) is 0 Å². The van der Waals surface area contributed by atoms with E-state index in [-0.39, 0.29) is 23.7 Å². The van der Waals surface area contributed by atoms with Crippen LogP contribution < -0.4 is 4.90 Å². The first-order chi connectivity index (χ1) is 9.09. The summed E-state index contributed by atoms with van der Waals surface area (Å²) in [5, 5.41) is 0. The topological polar surface area (TPSA) is 37.4 Å². The van der Waals surface area contributed by atoms with Gasteiger partial charge in [0.1, 0.15) is 0 Å². The first-order valence-corrected chi connectivity index (χ1v) is 7.53. The number of halogens is 1. The van der Waals surface area contributed by atoms with E-state index in [9.17, 15) is 9.59 Å². The van der Waals surface area contributed by atoms with Crippen LogP contribution in [0.1, 0.15) is 31.2 Å². The van der Waals surface area contributed by atoms with E-state index in [4.69, 9.17) is 0 Å². The van der Waals surface area contributed by atoms with Crippen molar-refractivity contribution in [2.75, 3.05) is 4.90 Å². The van der Waals surface area contributed by atoms with Gasteiger partial charge in [-0.3, -0.25) is 9.59 Å². The molecule has 1 heterocycles. The Morgan fingerprint density at radius 2 is 1.68 bits per heavy atom. The largest absolute Gasteiger partial charge is 0.274 e. The van der Waals surface area contributed by atoms with E-state index in [0.29, 0.717) is 0 Å². The molecule has 1 aromatic carbocycles. The van der Waals surface area contributed by atoms with Crippen molar-refractivity contribution < 1.29 is 9.59 Å². The summed E-state index contributed by atoms with van der Waals surface area (Å²) in [6.45, 7) is 1.93. The molecule has 1 saturated heterocycles. The molecule has 2 amide bonds. The fraction of sp³-hybridized carbons (Fsp3) is 0.467. The highest BCUT2D eigenvalue weighted by Gasteiger charge is 2.48. The Bertz CT molecular complexity index is 531. The second-order valence-electron chi connectivity index (χ2n) is 5.44. The predicted molar refractivity (Wildman–Crippen MR) is 76.8 cm³/mol. The van der Waals surface area contributed by atoms with Crippen molar-refractivity contribution in [2.45, 2.75) is 32.6 Å². The van der Waals surface area contributed by atoms with Crippen LogP contribution in [-0.2, 0) is 9.59 Å². The minimum atomic E-state index is -0.0837. The van der Waals surface area contributed by atoms with Crippen LogP contribution in [-0.4, -0.2) is 11.8 Å². The second-order valence-corrected chi connectivity index (χ2v) is 6.36. The summed E-state index contributed by atoms with van der Waals surface area (Å²) in [5.74, 6) is -0.175. The average Bonchev–Trinajstić information content (AvgIpc) is 2.66. The van der Waals surface area contributed by atoms with E-state index in [1.165, 1.54) is 4.90 Å². The number of hydrogen-bond donors (Lipinski definition) is 0. The van der Waals surface area contributed by atoms with Crippen LogP contribution in [0.25, 0.3) is 0 Å². The number of carbonyl (C=O) groups excluding carboxylic acids is 2. The number of hydrogen-bond acceptors (Lipinski definition) is 2. The summed E-state index contributed by atoms with van der Waals surface area (Å²) in [6.07, 6.45) is 3.84. The van der Waals surface area contributed by atoms with Crippen molar-refractivity contribution in [2.24, 2.45) is 11.8 Å². The molecule has 0 N–H and O–H groups in total. The van der Waals surface area contributed by atoms with Gasteiger partial charge < -0.3 is 0 Å². The smallest absolute Gasteiger partial charge is 0.237 e. The number of fused-ring (bicyclic) bond motifs is 1. The van der Waals surface area contributed by atoms with Crippen LogP contribution in [0.5, 0.6) is 0 Å². The summed E-state index contributed by atoms with van der Waals surface area (Å²) in [5.41, 5.74) is 1.70. The molecule has 1 aliphatic carbocycles. The first-order valence-electron chi connectivity index (χ1n) is 6.73. The number of rotatable bonds is 1. The highest BCUT2D eigenvalue weighted by atomic mass is 79.9. The zero-order valence-corrected chi connectivity index (χ0v) is 12.4. The Balaban J connectivity index is 2.03. The molecule has 1 saturated carbocycles. The van der Waals surface area contributed by atoms with Gasteiger partial charge in [0.2, 0.25) is 11.8 Å². The van der Waals surface area contributed by atoms with Crippen molar-refractivity contribution >= 4 is 33.4 Å². The van der Waals surface area contributed by atoms with Gasteiger partial charge in [-0.2, -0.15) is 0 Å². The fourth-order valence-electron chi connectivity index (χ4n) is 3.22. The number of nitrogens with zero attached hydrogens (tertiary/aromatic N) is 1. The Kier molecular flexibility index (Phi) is 3.21. The van der Waals surface area contributed by atoms with Crippen LogP contribution in [0, 0.1) is 18.8 Å². The van der Waals surface area contributed by atoms with Crippen LogP contribution in [0.4, 0.5) is 5.69 Å². The molecule has 1 aliphatic heterocycles. The molecule has 100 valence electrons. The lowest BCUT2D eigenvalue weighted by Gasteiger charge is -2.19. The van der Waals surface area contributed by atoms with E-state index < -0.39 is 0 Å². The molecule has 3 nitrogen and oxygen atoms in total. The normalized spacial score (nSPS) is 26.7. The van der Waals surface area contributed by atoms with E-state index in [1.807, 2.05) is 25.1 Å². The van der Waals surface area contributed by atoms with Crippen LogP contribution >= 0.6 is 15.9 Å². The summed E-state index contributed by atoms with van der Waals surface area (Å²) < 4.78 is 0.892. The van der Waals surface area contributed by atoms with Crippen LogP contribution in [0.3, 0.4) is 0 Å². The molecule has 2 aliphatic rings. The summed E-state index contributed by atoms with van der Waals surface area (Å²) >= 11 is 3.41. The third kappa shape index (κ3) is 2.02. The van der Waals surface area contributed by atoms with Gasteiger partial charge >= 0.3 is 0 Å². The maximum atomic E-state index is 12.5. The standard InChI is InChI=1S/C15H16BrNO2/c1-9-6-7-10(16)8-13(9)17-14(18)11-4-2-3-5-12(11)15(17)19/h6-8,11-12H,2-5H2,1H3/t11-,12+. The molecule has 0 bridgehead atoms. The van der Waals surface area contributed by atoms with Crippen molar-refractivity contribution in [1.29, 1.82) is 0 Å². The van der Waals surface area contributed by atoms with E-state index in [2.05, 4.69) is 15.9 Å². The fourth-order valence-corrected chi connectivity index (χ4v) is 3.57. The van der Waals surface area contributed by atoms with E-state index in [0.717, 1.165) is 41.4 Å². The molecule has 0 aromatic heterocycles. The number of benzene rings is 1. The lowest BCUT2D eigenvalue weighted by atomic mass is 9.81. The maximum absolute atomic E-state index is 12.5. The Hall–Kier alpha value is -1.16. The quantitative estimate of drug-likeness (QED) is 0.743. The van der Waals surface area contributed by atoms with Gasteiger partial charge in [0.05, 0.1) is 17.5 Å². The number of imide groups is 1. The number of anilines is 1. The molecular weight excluding hydrogens is 306 g/mol. The van der Waals surface area contributed by atoms with Crippen LogP contribution in [0.15, 0.2) is 22.7 Å². The average molecular weight is 322 g/mol. The van der Waals surface area contributed by atoms with Gasteiger partial charge in [0.15, 0.2) is 0 Å². The third-order valence-electron chi connectivity index (χ3n) is 4.25. The summed E-state index contributed by atoms with van der Waals surface area (Å²) in [6, 6.07) is 5.72. The molecule has 2 fully saturated rings. The van der Waals surface area contributed by atoms with Crippen LogP contribution in [0.2, 0.25) is 0 Å². The lowest BCUT2D eigenvalue weighted by molar-refractivity contribution is -0.122. The molecule has 2 atom stereocenters. The molecule has 0 radical (unpaired) electrons. The second kappa shape index (κ2) is 4.75. The van der Waals surface area contributed by atoms with Gasteiger partial charge in [0.25, 0.3) is 0 Å². The highest BCUT2D eigenvalue weighted by molar-refractivity contribution is 9.10. The van der Waals surface area contributed by atoms with Crippen molar-refractivity contribution in [3.05, 3.63) is 28.2 Å². The lowest BCUT2D eigenvalue weighted by Crippen LogP contribution is -2.31. The Morgan fingerprint density at radius 3 is 2.26 bits per heavy atom. The number of aryl methyl sites for hydroxylation is 1. The molecule has 19 heavy (non-hydrogen) atoms. The zero-order valence-electron chi connectivity index (χ0n) is 10.9. The van der Waals surface area contributed by atoms with E-state index >= 15 is 0 Å².